The first-order valence-electron chi connectivity index (χ1n) is 10.4. The molecule has 1 saturated heterocycles. The van der Waals surface area contributed by atoms with Gasteiger partial charge in [-0.15, -0.1) is 0 Å². The minimum Gasteiger partial charge on any atom is -0.490 e. The Morgan fingerprint density at radius 2 is 2.07 bits per heavy atom. The summed E-state index contributed by atoms with van der Waals surface area (Å²) in [6.07, 6.45) is 6.56. The minimum atomic E-state index is -3.21. The van der Waals surface area contributed by atoms with Crippen molar-refractivity contribution < 1.29 is 27.2 Å². The van der Waals surface area contributed by atoms with Crippen LogP contribution in [0.1, 0.15) is 57.1 Å². The zero-order valence-corrected chi connectivity index (χ0v) is 17.7. The van der Waals surface area contributed by atoms with Gasteiger partial charge < -0.3 is 14.1 Å². The van der Waals surface area contributed by atoms with Gasteiger partial charge in [-0.3, -0.25) is 10.1 Å². The summed E-state index contributed by atoms with van der Waals surface area (Å²) in [5.74, 6) is 1.68. The number of furan rings is 1. The molecule has 0 radical (unpaired) electrons. The third kappa shape index (κ3) is 6.76. The fraction of sp³-hybridized carbons (Fsp3) is 0.700. The molecule has 8 nitrogen and oxygen atoms in total. The van der Waals surface area contributed by atoms with Crippen LogP contribution in [0.4, 0.5) is 4.79 Å². The van der Waals surface area contributed by atoms with Crippen molar-refractivity contribution in [2.75, 3.05) is 31.2 Å². The molecule has 0 bridgehead atoms. The Morgan fingerprint density at radius 1 is 1.28 bits per heavy atom. The zero-order chi connectivity index (χ0) is 20.9. The van der Waals surface area contributed by atoms with Crippen LogP contribution in [0.25, 0.3) is 0 Å². The highest BCUT2D eigenvalue weighted by atomic mass is 32.2. The van der Waals surface area contributed by atoms with Crippen molar-refractivity contribution in [1.29, 1.82) is 0 Å². The molecule has 3 amide bonds. The lowest BCUT2D eigenvalue weighted by molar-refractivity contribution is -0.118. The molecule has 0 spiro atoms. The van der Waals surface area contributed by atoms with E-state index in [1.165, 1.54) is 17.7 Å². The van der Waals surface area contributed by atoms with Crippen molar-refractivity contribution >= 4 is 21.8 Å². The number of carbonyl (C=O) groups is 2. The molecular weight excluding hydrogens is 396 g/mol. The highest BCUT2D eigenvalue weighted by Gasteiger charge is 2.26. The van der Waals surface area contributed by atoms with Crippen LogP contribution >= 0.6 is 0 Å². The SMILES string of the molecule is CC[C@@H](CS(=O)(=O)CCCCCN1CC(=O)NC1=O)c1cc(OCC2CC2)co1. The summed E-state index contributed by atoms with van der Waals surface area (Å²) < 4.78 is 36.3. The number of nitrogens with one attached hydrogen (secondary N) is 1. The number of ether oxygens (including phenoxy) is 1. The maximum atomic E-state index is 12.5. The Hall–Kier alpha value is -2.03. The third-order valence-electron chi connectivity index (χ3n) is 5.38. The number of hydrogen-bond donors (Lipinski definition) is 1. The van der Waals surface area contributed by atoms with Crippen LogP contribution in [-0.2, 0) is 14.6 Å². The van der Waals surface area contributed by atoms with Crippen LogP contribution in [0.15, 0.2) is 16.7 Å². The van der Waals surface area contributed by atoms with Gasteiger partial charge in [0.05, 0.1) is 18.1 Å². The number of urea groups is 1. The number of imide groups is 1. The number of unbranched alkanes of at least 4 members (excludes halogenated alkanes) is 2. The van der Waals surface area contributed by atoms with E-state index >= 15 is 0 Å². The normalized spacial score (nSPS) is 18.2. The lowest BCUT2D eigenvalue weighted by atomic mass is 10.1. The van der Waals surface area contributed by atoms with Crippen molar-refractivity contribution in [3.05, 3.63) is 18.1 Å². The summed E-state index contributed by atoms with van der Waals surface area (Å²) in [6, 6.07) is 1.45. The number of nitrogens with zero attached hydrogens (tertiary/aromatic N) is 1. The van der Waals surface area contributed by atoms with E-state index in [4.69, 9.17) is 9.15 Å². The van der Waals surface area contributed by atoms with Crippen molar-refractivity contribution in [1.82, 2.24) is 10.2 Å². The molecule has 1 N–H and O–H groups in total. The molecule has 2 aliphatic rings. The molecular formula is C20H30N2O6S. The smallest absolute Gasteiger partial charge is 0.324 e. The van der Waals surface area contributed by atoms with Gasteiger partial charge >= 0.3 is 6.03 Å². The molecule has 0 aromatic carbocycles. The van der Waals surface area contributed by atoms with Gasteiger partial charge in [0.2, 0.25) is 5.91 Å². The lowest BCUT2D eigenvalue weighted by Gasteiger charge is -2.14. The molecule has 2 fully saturated rings. The maximum absolute atomic E-state index is 12.5. The summed E-state index contributed by atoms with van der Waals surface area (Å²) in [5, 5.41) is 2.23. The van der Waals surface area contributed by atoms with Crippen molar-refractivity contribution in [2.24, 2.45) is 5.92 Å². The molecule has 1 atom stereocenters. The Morgan fingerprint density at radius 3 is 2.72 bits per heavy atom. The first-order valence-corrected chi connectivity index (χ1v) is 12.2. The molecule has 29 heavy (non-hydrogen) atoms. The number of amides is 3. The van der Waals surface area contributed by atoms with E-state index < -0.39 is 9.84 Å². The fourth-order valence-corrected chi connectivity index (χ4v) is 5.20. The second kappa shape index (κ2) is 9.65. The van der Waals surface area contributed by atoms with Crippen LogP contribution in [0.5, 0.6) is 5.75 Å². The van der Waals surface area contributed by atoms with Gasteiger partial charge in [0.25, 0.3) is 0 Å². The zero-order valence-electron chi connectivity index (χ0n) is 16.9. The van der Waals surface area contributed by atoms with Crippen LogP contribution in [0.3, 0.4) is 0 Å². The van der Waals surface area contributed by atoms with Gasteiger partial charge in [-0.2, -0.15) is 0 Å². The van der Waals surface area contributed by atoms with Crippen LogP contribution in [0, 0.1) is 5.92 Å². The number of hydrogen-bond acceptors (Lipinski definition) is 6. The molecule has 1 aliphatic carbocycles. The Balaban J connectivity index is 1.39. The average Bonchev–Trinajstić information content (AvgIpc) is 3.29. The molecule has 162 valence electrons. The highest BCUT2D eigenvalue weighted by molar-refractivity contribution is 7.91. The maximum Gasteiger partial charge on any atom is 0.324 e. The summed E-state index contributed by atoms with van der Waals surface area (Å²) in [7, 11) is -3.21. The molecule has 9 heteroatoms. The minimum absolute atomic E-state index is 0.0576. The average molecular weight is 427 g/mol. The van der Waals surface area contributed by atoms with E-state index in [0.29, 0.717) is 56.3 Å². The molecule has 1 saturated carbocycles. The van der Waals surface area contributed by atoms with Crippen LogP contribution < -0.4 is 10.1 Å². The lowest BCUT2D eigenvalue weighted by Crippen LogP contribution is -2.29. The van der Waals surface area contributed by atoms with E-state index in [1.807, 2.05) is 13.0 Å². The topological polar surface area (TPSA) is 106 Å². The van der Waals surface area contributed by atoms with Crippen LogP contribution in [-0.4, -0.2) is 56.5 Å². The highest BCUT2D eigenvalue weighted by Crippen LogP contribution is 2.31. The van der Waals surface area contributed by atoms with Crippen molar-refractivity contribution in [3.8, 4) is 5.75 Å². The predicted molar refractivity (Wildman–Crippen MR) is 108 cm³/mol. The van der Waals surface area contributed by atoms with Gasteiger partial charge in [-0.1, -0.05) is 13.3 Å². The molecule has 1 aromatic heterocycles. The van der Waals surface area contributed by atoms with Gasteiger partial charge in [0.15, 0.2) is 15.6 Å². The Kier molecular flexibility index (Phi) is 7.21. The third-order valence-corrected chi connectivity index (χ3v) is 7.20. The van der Waals surface area contributed by atoms with Crippen LogP contribution in [0.2, 0.25) is 0 Å². The molecule has 3 rings (SSSR count). The van der Waals surface area contributed by atoms with Gasteiger partial charge in [-0.05, 0) is 38.0 Å². The summed E-state index contributed by atoms with van der Waals surface area (Å²) in [5.41, 5.74) is 0. The van der Waals surface area contributed by atoms with Crippen molar-refractivity contribution in [3.63, 3.8) is 0 Å². The largest absolute Gasteiger partial charge is 0.490 e. The fourth-order valence-electron chi connectivity index (χ4n) is 3.38. The van der Waals surface area contributed by atoms with Gasteiger partial charge in [-0.25, -0.2) is 13.2 Å². The summed E-state index contributed by atoms with van der Waals surface area (Å²) >= 11 is 0. The van der Waals surface area contributed by atoms with E-state index in [9.17, 15) is 18.0 Å². The number of rotatable bonds is 13. The standard InChI is InChI=1S/C20H30N2O6S/c1-2-16(18-10-17(13-28-18)27-12-15-6-7-15)14-29(25,26)9-5-3-4-8-22-11-19(23)21-20(22)24/h10,13,15-16H,2-9,11-12,14H2,1H3,(H,21,23,24)/t16-/m0/s1. The van der Waals surface area contributed by atoms with Gasteiger partial charge in [0.1, 0.15) is 18.6 Å². The van der Waals surface area contributed by atoms with E-state index in [2.05, 4.69) is 5.32 Å². The second-order valence-corrected chi connectivity index (χ2v) is 10.2. The van der Waals surface area contributed by atoms with E-state index in [-0.39, 0.29) is 35.9 Å². The molecule has 1 aliphatic heterocycles. The van der Waals surface area contributed by atoms with Crippen molar-refractivity contribution in [2.45, 2.75) is 51.4 Å². The first-order chi connectivity index (χ1) is 13.9. The Bertz CT molecular complexity index is 815. The monoisotopic (exact) mass is 426 g/mol. The molecule has 1 aromatic rings. The second-order valence-electron chi connectivity index (χ2n) is 7.99. The summed E-state index contributed by atoms with van der Waals surface area (Å²) in [6.45, 7) is 3.20. The van der Waals surface area contributed by atoms with Gasteiger partial charge in [0, 0.05) is 18.5 Å². The Labute approximate surface area is 171 Å². The molecule has 0 unspecified atom stereocenters. The number of carbonyl (C=O) groups excluding carboxylic acids is 2. The first kappa shape index (κ1) is 21.7. The number of sulfone groups is 1. The summed E-state index contributed by atoms with van der Waals surface area (Å²) in [4.78, 5) is 24.0. The van der Waals surface area contributed by atoms with E-state index in [0.717, 1.165) is 0 Å². The quantitative estimate of drug-likeness (QED) is 0.384. The van der Waals surface area contributed by atoms with E-state index in [1.54, 1.807) is 6.26 Å². The molecule has 2 heterocycles. The predicted octanol–water partition coefficient (Wildman–Crippen LogP) is 2.70.